The molecule has 3 heterocycles. The Morgan fingerprint density at radius 2 is 1.76 bits per heavy atom. The van der Waals surface area contributed by atoms with Crippen molar-refractivity contribution in [3.8, 4) is 0 Å². The molecule has 2 N–H and O–H groups in total. The van der Waals surface area contributed by atoms with Crippen LogP contribution in [0.2, 0.25) is 0 Å². The SMILES string of the molecule is c1ccc(CNc2nc(NCc3cccs3)c3ccccc3n2)nc1. The second kappa shape index (κ2) is 7.27. The van der Waals surface area contributed by atoms with E-state index in [0.29, 0.717) is 12.5 Å². The van der Waals surface area contributed by atoms with Crippen molar-refractivity contribution in [2.75, 3.05) is 10.6 Å². The van der Waals surface area contributed by atoms with Gasteiger partial charge in [0.2, 0.25) is 5.95 Å². The Labute approximate surface area is 149 Å². The molecule has 4 rings (SSSR count). The number of para-hydroxylation sites is 1. The maximum atomic E-state index is 4.66. The van der Waals surface area contributed by atoms with Crippen LogP contribution in [0.25, 0.3) is 10.9 Å². The van der Waals surface area contributed by atoms with E-state index in [1.54, 1.807) is 17.5 Å². The third kappa shape index (κ3) is 3.75. The molecule has 0 amide bonds. The molecule has 0 fully saturated rings. The molecule has 0 saturated carbocycles. The predicted octanol–water partition coefficient (Wildman–Crippen LogP) is 4.31. The second-order valence-electron chi connectivity index (χ2n) is 5.52. The molecule has 1 aromatic carbocycles. The maximum absolute atomic E-state index is 4.66. The molecular weight excluding hydrogens is 330 g/mol. The lowest BCUT2D eigenvalue weighted by molar-refractivity contribution is 1.01. The van der Waals surface area contributed by atoms with Gasteiger partial charge in [0, 0.05) is 16.5 Å². The lowest BCUT2D eigenvalue weighted by atomic mass is 10.2. The van der Waals surface area contributed by atoms with E-state index in [0.717, 1.165) is 29.0 Å². The first-order valence-electron chi connectivity index (χ1n) is 8.05. The highest BCUT2D eigenvalue weighted by Crippen LogP contribution is 2.23. The molecule has 25 heavy (non-hydrogen) atoms. The lowest BCUT2D eigenvalue weighted by Gasteiger charge is -2.11. The van der Waals surface area contributed by atoms with E-state index in [1.807, 2.05) is 42.5 Å². The molecule has 0 bridgehead atoms. The van der Waals surface area contributed by atoms with Gasteiger partial charge >= 0.3 is 0 Å². The zero-order chi connectivity index (χ0) is 16.9. The van der Waals surface area contributed by atoms with Crippen LogP contribution in [-0.4, -0.2) is 15.0 Å². The van der Waals surface area contributed by atoms with E-state index in [-0.39, 0.29) is 0 Å². The molecule has 3 aromatic heterocycles. The molecule has 0 unspecified atom stereocenters. The standard InChI is InChI=1S/C19H17N5S/c1-2-9-17-16(8-1)18(21-13-15-7-5-11-25-15)24-19(23-17)22-12-14-6-3-4-10-20-14/h1-11H,12-13H2,(H2,21,22,23,24). The first-order valence-corrected chi connectivity index (χ1v) is 8.93. The molecule has 6 heteroatoms. The van der Waals surface area contributed by atoms with E-state index >= 15 is 0 Å². The quantitative estimate of drug-likeness (QED) is 0.544. The molecule has 0 aliphatic carbocycles. The van der Waals surface area contributed by atoms with Crippen LogP contribution in [0, 0.1) is 0 Å². The number of aromatic nitrogens is 3. The number of nitrogens with one attached hydrogen (secondary N) is 2. The van der Waals surface area contributed by atoms with Crippen molar-refractivity contribution in [1.82, 2.24) is 15.0 Å². The Balaban J connectivity index is 1.59. The third-order valence-corrected chi connectivity index (χ3v) is 4.64. The van der Waals surface area contributed by atoms with Crippen molar-refractivity contribution in [2.24, 2.45) is 0 Å². The van der Waals surface area contributed by atoms with Crippen molar-refractivity contribution in [3.05, 3.63) is 76.7 Å². The zero-order valence-electron chi connectivity index (χ0n) is 13.5. The van der Waals surface area contributed by atoms with E-state index in [9.17, 15) is 0 Å². The molecule has 0 atom stereocenters. The van der Waals surface area contributed by atoms with Crippen molar-refractivity contribution >= 4 is 34.0 Å². The Bertz CT molecular complexity index is 954. The Morgan fingerprint density at radius 3 is 2.60 bits per heavy atom. The van der Waals surface area contributed by atoms with Gasteiger partial charge in [-0.3, -0.25) is 4.98 Å². The van der Waals surface area contributed by atoms with Crippen molar-refractivity contribution in [3.63, 3.8) is 0 Å². The molecule has 0 spiro atoms. The van der Waals surface area contributed by atoms with Crippen LogP contribution >= 0.6 is 11.3 Å². The molecule has 124 valence electrons. The number of benzene rings is 1. The number of hydrogen-bond donors (Lipinski definition) is 2. The van der Waals surface area contributed by atoms with Crippen LogP contribution < -0.4 is 10.6 Å². The summed E-state index contributed by atoms with van der Waals surface area (Å²) in [5.41, 5.74) is 1.86. The van der Waals surface area contributed by atoms with Crippen molar-refractivity contribution < 1.29 is 0 Å². The molecule has 4 aromatic rings. The number of thiophene rings is 1. The van der Waals surface area contributed by atoms with Crippen LogP contribution in [0.1, 0.15) is 10.6 Å². The number of hydrogen-bond acceptors (Lipinski definition) is 6. The minimum Gasteiger partial charge on any atom is -0.364 e. The summed E-state index contributed by atoms with van der Waals surface area (Å²) in [6.07, 6.45) is 1.78. The summed E-state index contributed by atoms with van der Waals surface area (Å²) < 4.78 is 0. The van der Waals surface area contributed by atoms with Crippen LogP contribution in [-0.2, 0) is 13.1 Å². The fraction of sp³-hybridized carbons (Fsp3) is 0.105. The van der Waals surface area contributed by atoms with Gasteiger partial charge in [0.15, 0.2) is 0 Å². The van der Waals surface area contributed by atoms with Gasteiger partial charge in [-0.15, -0.1) is 11.3 Å². The highest BCUT2D eigenvalue weighted by atomic mass is 32.1. The average Bonchev–Trinajstić information content (AvgIpc) is 3.19. The van der Waals surface area contributed by atoms with E-state index < -0.39 is 0 Å². The van der Waals surface area contributed by atoms with Gasteiger partial charge < -0.3 is 10.6 Å². The Kier molecular flexibility index (Phi) is 4.52. The van der Waals surface area contributed by atoms with Crippen molar-refractivity contribution in [2.45, 2.75) is 13.1 Å². The average molecular weight is 347 g/mol. The highest BCUT2D eigenvalue weighted by Gasteiger charge is 2.08. The zero-order valence-corrected chi connectivity index (χ0v) is 14.3. The van der Waals surface area contributed by atoms with Gasteiger partial charge in [0.25, 0.3) is 0 Å². The number of nitrogens with zero attached hydrogens (tertiary/aromatic N) is 3. The first-order chi connectivity index (χ1) is 12.4. The summed E-state index contributed by atoms with van der Waals surface area (Å²) >= 11 is 1.73. The third-order valence-electron chi connectivity index (χ3n) is 3.77. The van der Waals surface area contributed by atoms with Crippen LogP contribution in [0.3, 0.4) is 0 Å². The molecule has 0 aliphatic rings. The van der Waals surface area contributed by atoms with Gasteiger partial charge in [0.05, 0.1) is 24.3 Å². The van der Waals surface area contributed by atoms with E-state index in [4.69, 9.17) is 0 Å². The molecule has 0 radical (unpaired) electrons. The van der Waals surface area contributed by atoms with Gasteiger partial charge in [-0.05, 0) is 35.7 Å². The molecule has 0 saturated heterocycles. The Hall–Kier alpha value is -2.99. The summed E-state index contributed by atoms with van der Waals surface area (Å²) in [5.74, 6) is 1.43. The van der Waals surface area contributed by atoms with E-state index in [2.05, 4.69) is 43.1 Å². The number of anilines is 2. The summed E-state index contributed by atoms with van der Waals surface area (Å²) in [7, 11) is 0. The molecular formula is C19H17N5S. The first kappa shape index (κ1) is 15.5. The summed E-state index contributed by atoms with van der Waals surface area (Å²) in [6.45, 7) is 1.34. The van der Waals surface area contributed by atoms with Gasteiger partial charge in [-0.25, -0.2) is 4.98 Å². The summed E-state index contributed by atoms with van der Waals surface area (Å²) in [6, 6.07) is 18.0. The number of pyridine rings is 1. The monoisotopic (exact) mass is 347 g/mol. The molecule has 5 nitrogen and oxygen atoms in total. The van der Waals surface area contributed by atoms with Crippen LogP contribution in [0.15, 0.2) is 66.2 Å². The van der Waals surface area contributed by atoms with Gasteiger partial charge in [-0.1, -0.05) is 24.3 Å². The van der Waals surface area contributed by atoms with E-state index in [1.165, 1.54) is 4.88 Å². The van der Waals surface area contributed by atoms with Crippen LogP contribution in [0.5, 0.6) is 0 Å². The fourth-order valence-corrected chi connectivity index (χ4v) is 3.19. The predicted molar refractivity (Wildman–Crippen MR) is 103 cm³/mol. The second-order valence-corrected chi connectivity index (χ2v) is 6.55. The summed E-state index contributed by atoms with van der Waals surface area (Å²) in [5, 5.41) is 9.79. The molecule has 0 aliphatic heterocycles. The maximum Gasteiger partial charge on any atom is 0.225 e. The summed E-state index contributed by atoms with van der Waals surface area (Å²) in [4.78, 5) is 14.9. The lowest BCUT2D eigenvalue weighted by Crippen LogP contribution is -2.08. The van der Waals surface area contributed by atoms with Gasteiger partial charge in [-0.2, -0.15) is 4.98 Å². The Morgan fingerprint density at radius 1 is 0.840 bits per heavy atom. The minimum absolute atomic E-state index is 0.587. The minimum atomic E-state index is 0.587. The number of fused-ring (bicyclic) bond motifs is 1. The topological polar surface area (TPSA) is 62.7 Å². The van der Waals surface area contributed by atoms with Gasteiger partial charge in [0.1, 0.15) is 5.82 Å². The fourth-order valence-electron chi connectivity index (χ4n) is 2.55. The smallest absolute Gasteiger partial charge is 0.225 e. The highest BCUT2D eigenvalue weighted by molar-refractivity contribution is 7.09. The normalized spacial score (nSPS) is 10.7. The van der Waals surface area contributed by atoms with Crippen LogP contribution in [0.4, 0.5) is 11.8 Å². The van der Waals surface area contributed by atoms with Crippen molar-refractivity contribution in [1.29, 1.82) is 0 Å². The largest absolute Gasteiger partial charge is 0.364 e. The number of rotatable bonds is 6.